The van der Waals surface area contributed by atoms with Gasteiger partial charge in [0.05, 0.1) is 17.8 Å². The van der Waals surface area contributed by atoms with Crippen LogP contribution in [-0.2, 0) is 4.79 Å². The Balaban J connectivity index is 3.70. The van der Waals surface area contributed by atoms with Crippen LogP contribution < -0.4 is 15.5 Å². The van der Waals surface area contributed by atoms with Crippen molar-refractivity contribution in [1.82, 2.24) is 5.32 Å². The van der Waals surface area contributed by atoms with Gasteiger partial charge < -0.3 is 20.6 Å². The third kappa shape index (κ3) is 9.90. The van der Waals surface area contributed by atoms with Crippen LogP contribution in [0.25, 0.3) is 0 Å². The van der Waals surface area contributed by atoms with Crippen molar-refractivity contribution < 1.29 is 9.90 Å². The van der Waals surface area contributed by atoms with Crippen LogP contribution in [0.5, 0.6) is 0 Å². The van der Waals surface area contributed by atoms with Crippen LogP contribution in [0, 0.1) is 11.8 Å². The van der Waals surface area contributed by atoms with Gasteiger partial charge in [0.15, 0.2) is 0 Å². The zero-order valence-corrected chi connectivity index (χ0v) is 23.5. The molecule has 0 fully saturated rings. The van der Waals surface area contributed by atoms with Crippen LogP contribution in [0.1, 0.15) is 92.1 Å². The van der Waals surface area contributed by atoms with Crippen molar-refractivity contribution in [2.24, 2.45) is 21.8 Å². The molecule has 0 aliphatic heterocycles. The lowest BCUT2D eigenvalue weighted by atomic mass is 9.95. The lowest BCUT2D eigenvalue weighted by Crippen LogP contribution is -2.39. The minimum atomic E-state index is -0.786. The molecule has 1 aromatic rings. The van der Waals surface area contributed by atoms with E-state index < -0.39 is 5.97 Å². The summed E-state index contributed by atoms with van der Waals surface area (Å²) in [6.07, 6.45) is 4.63. The predicted octanol–water partition coefficient (Wildman–Crippen LogP) is 6.37. The Bertz CT molecular complexity index is 842. The number of aliphatic imine (C=N–C) groups is 2. The first-order chi connectivity index (χ1) is 16.6. The zero-order valence-electron chi connectivity index (χ0n) is 23.5. The smallest absolute Gasteiger partial charge is 0.303 e. The third-order valence-electron chi connectivity index (χ3n) is 6.10. The Morgan fingerprint density at radius 3 is 2.17 bits per heavy atom. The number of carboxylic acid groups (broad SMARTS) is 1. The van der Waals surface area contributed by atoms with E-state index in [1.807, 2.05) is 14.0 Å². The second-order valence-corrected chi connectivity index (χ2v) is 10.1. The van der Waals surface area contributed by atoms with E-state index in [4.69, 9.17) is 4.99 Å². The summed E-state index contributed by atoms with van der Waals surface area (Å²) in [7, 11) is 3.53. The molecule has 0 amide bonds. The van der Waals surface area contributed by atoms with Crippen molar-refractivity contribution >= 4 is 29.1 Å². The number of nitrogens with zero attached hydrogens (tertiary/aromatic N) is 3. The molecule has 0 radical (unpaired) electrons. The number of carbonyl (C=O) groups is 1. The molecule has 1 aromatic carbocycles. The van der Waals surface area contributed by atoms with E-state index in [9.17, 15) is 9.90 Å². The minimum absolute atomic E-state index is 0.0905. The van der Waals surface area contributed by atoms with Gasteiger partial charge in [0.25, 0.3) is 0 Å². The number of carboxylic acids is 1. The molecule has 7 nitrogen and oxygen atoms in total. The van der Waals surface area contributed by atoms with E-state index in [1.54, 1.807) is 7.05 Å². The Labute approximate surface area is 213 Å². The summed E-state index contributed by atoms with van der Waals surface area (Å²) in [5, 5.41) is 16.0. The van der Waals surface area contributed by atoms with Gasteiger partial charge in [-0.05, 0) is 42.4 Å². The number of amidine groups is 1. The Kier molecular flexibility index (Phi) is 13.4. The van der Waals surface area contributed by atoms with Gasteiger partial charge in [-0.2, -0.15) is 0 Å². The number of hydrogen-bond acceptors (Lipinski definition) is 3. The van der Waals surface area contributed by atoms with Crippen molar-refractivity contribution in [2.75, 3.05) is 30.9 Å². The largest absolute Gasteiger partial charge is 0.481 e. The van der Waals surface area contributed by atoms with Crippen molar-refractivity contribution in [1.29, 1.82) is 0 Å². The van der Waals surface area contributed by atoms with Gasteiger partial charge in [0.2, 0.25) is 5.96 Å². The topological polar surface area (TPSA) is 89.3 Å². The average Bonchev–Trinajstić information content (AvgIpc) is 2.79. The first-order valence-electron chi connectivity index (χ1n) is 13.2. The molecule has 7 heteroatoms. The molecule has 198 valence electrons. The number of nitrogens with one attached hydrogen (secondary N) is 2. The fourth-order valence-corrected chi connectivity index (χ4v) is 4.32. The predicted molar refractivity (Wildman–Crippen MR) is 151 cm³/mol. The second kappa shape index (κ2) is 15.4. The molecule has 0 aliphatic carbocycles. The summed E-state index contributed by atoms with van der Waals surface area (Å²) < 4.78 is 0. The molecule has 1 atom stereocenters. The zero-order chi connectivity index (χ0) is 26.5. The standard InChI is InChI=1S/C28H49N5O2/c1-10-12-23(13-11-2)33(18-19(3)4)25-15-14-22(21(7)16-26(34)35)17-24(25)31-27(20(5)6)32-28(29-8)30-9/h14-15,17,19-21,23H,10-13,16,18H2,1-9H3,(H,34,35)(H2,29,30,31,32). The number of aliphatic carboxylic acids is 1. The number of hydrogen-bond donors (Lipinski definition) is 3. The van der Waals surface area contributed by atoms with Gasteiger partial charge in [0, 0.05) is 32.6 Å². The molecular weight excluding hydrogens is 438 g/mol. The first kappa shape index (κ1) is 30.5. The van der Waals surface area contributed by atoms with Crippen molar-refractivity contribution in [2.45, 2.75) is 92.5 Å². The van der Waals surface area contributed by atoms with Crippen LogP contribution >= 0.6 is 0 Å². The maximum absolute atomic E-state index is 11.4. The fourth-order valence-electron chi connectivity index (χ4n) is 4.32. The summed E-state index contributed by atoms with van der Waals surface area (Å²) in [4.78, 5) is 22.9. The van der Waals surface area contributed by atoms with Crippen molar-refractivity contribution in [3.05, 3.63) is 23.8 Å². The minimum Gasteiger partial charge on any atom is -0.481 e. The molecule has 1 unspecified atom stereocenters. The number of guanidine groups is 1. The van der Waals surface area contributed by atoms with Gasteiger partial charge in [-0.3, -0.25) is 9.79 Å². The second-order valence-electron chi connectivity index (χ2n) is 10.1. The molecule has 0 spiro atoms. The summed E-state index contributed by atoms with van der Waals surface area (Å²) in [5.74, 6) is 1.15. The van der Waals surface area contributed by atoms with Crippen LogP contribution in [-0.4, -0.2) is 49.6 Å². The van der Waals surface area contributed by atoms with Gasteiger partial charge in [-0.25, -0.2) is 4.99 Å². The van der Waals surface area contributed by atoms with Crippen molar-refractivity contribution in [3.8, 4) is 0 Å². The SMILES string of the molecule is CCCC(CCC)N(CC(C)C)c1ccc(C(C)CC(=O)O)cc1N/C(=N/C(=NC)NC)C(C)C. The molecule has 0 saturated heterocycles. The monoisotopic (exact) mass is 487 g/mol. The fraction of sp³-hybridized carbons (Fsp3) is 0.679. The summed E-state index contributed by atoms with van der Waals surface area (Å²) in [6.45, 7) is 16.2. The molecule has 0 aromatic heterocycles. The molecular formula is C28H49N5O2. The van der Waals surface area contributed by atoms with Gasteiger partial charge in [-0.1, -0.05) is 67.4 Å². The molecule has 0 saturated carbocycles. The lowest BCUT2D eigenvalue weighted by molar-refractivity contribution is -0.137. The van der Waals surface area contributed by atoms with E-state index in [1.165, 1.54) is 0 Å². The van der Waals surface area contributed by atoms with E-state index in [2.05, 4.69) is 80.3 Å². The summed E-state index contributed by atoms with van der Waals surface area (Å²) in [5.41, 5.74) is 3.12. The normalized spacial score (nSPS) is 13.5. The highest BCUT2D eigenvalue weighted by molar-refractivity contribution is 6.05. The van der Waals surface area contributed by atoms with Gasteiger partial charge >= 0.3 is 5.97 Å². The van der Waals surface area contributed by atoms with Crippen LogP contribution in [0.3, 0.4) is 0 Å². The number of anilines is 2. The number of rotatable bonds is 13. The Morgan fingerprint density at radius 2 is 1.71 bits per heavy atom. The molecule has 35 heavy (non-hydrogen) atoms. The molecule has 0 heterocycles. The van der Waals surface area contributed by atoms with E-state index in [0.717, 1.165) is 55.0 Å². The lowest BCUT2D eigenvalue weighted by Gasteiger charge is -2.37. The first-order valence-corrected chi connectivity index (χ1v) is 13.2. The number of benzene rings is 1. The Hall–Kier alpha value is -2.57. The summed E-state index contributed by atoms with van der Waals surface area (Å²) in [6, 6.07) is 6.82. The average molecular weight is 488 g/mol. The highest BCUT2D eigenvalue weighted by Gasteiger charge is 2.23. The van der Waals surface area contributed by atoms with E-state index in [0.29, 0.717) is 17.9 Å². The highest BCUT2D eigenvalue weighted by atomic mass is 16.4. The molecule has 0 bridgehead atoms. The maximum atomic E-state index is 11.4. The molecule has 3 N–H and O–H groups in total. The van der Waals surface area contributed by atoms with Crippen molar-refractivity contribution in [3.63, 3.8) is 0 Å². The third-order valence-corrected chi connectivity index (χ3v) is 6.10. The van der Waals surface area contributed by atoms with Gasteiger partial charge in [0.1, 0.15) is 5.84 Å². The molecule has 1 rings (SSSR count). The maximum Gasteiger partial charge on any atom is 0.303 e. The van der Waals surface area contributed by atoms with E-state index in [-0.39, 0.29) is 18.3 Å². The van der Waals surface area contributed by atoms with Crippen LogP contribution in [0.4, 0.5) is 11.4 Å². The summed E-state index contributed by atoms with van der Waals surface area (Å²) >= 11 is 0. The Morgan fingerprint density at radius 1 is 1.09 bits per heavy atom. The highest BCUT2D eigenvalue weighted by Crippen LogP contribution is 2.35. The van der Waals surface area contributed by atoms with E-state index >= 15 is 0 Å². The quantitative estimate of drug-likeness (QED) is 0.222. The molecule has 0 aliphatic rings. The van der Waals surface area contributed by atoms with Gasteiger partial charge in [-0.15, -0.1) is 0 Å². The van der Waals surface area contributed by atoms with Crippen LogP contribution in [0.2, 0.25) is 0 Å². The van der Waals surface area contributed by atoms with Crippen LogP contribution in [0.15, 0.2) is 28.2 Å².